The van der Waals surface area contributed by atoms with Crippen LogP contribution in [-0.2, 0) is 13.0 Å². The van der Waals surface area contributed by atoms with E-state index in [-0.39, 0.29) is 0 Å². The molecule has 1 atom stereocenters. The molecule has 4 heterocycles. The van der Waals surface area contributed by atoms with E-state index in [1.54, 1.807) is 6.26 Å². The van der Waals surface area contributed by atoms with E-state index in [1.165, 1.54) is 30.7 Å². The van der Waals surface area contributed by atoms with Gasteiger partial charge in [0.15, 0.2) is 0 Å². The highest BCUT2D eigenvalue weighted by Crippen LogP contribution is 2.29. The molecule has 2 aliphatic heterocycles. The number of imidazole rings is 1. The molecular formula is C18H19N3O. The van der Waals surface area contributed by atoms with E-state index in [4.69, 9.17) is 9.40 Å². The van der Waals surface area contributed by atoms with Crippen LogP contribution in [-0.4, -0.2) is 33.6 Å². The Labute approximate surface area is 129 Å². The first-order valence-corrected chi connectivity index (χ1v) is 8.15. The fourth-order valence-corrected chi connectivity index (χ4v) is 4.04. The summed E-state index contributed by atoms with van der Waals surface area (Å²) < 4.78 is 7.92. The first-order chi connectivity index (χ1) is 10.9. The van der Waals surface area contributed by atoms with Crippen LogP contribution in [0, 0.1) is 0 Å². The van der Waals surface area contributed by atoms with Gasteiger partial charge < -0.3 is 8.98 Å². The molecule has 0 aliphatic carbocycles. The summed E-state index contributed by atoms with van der Waals surface area (Å²) in [6, 6.07) is 11.1. The van der Waals surface area contributed by atoms with Crippen molar-refractivity contribution in [2.24, 2.45) is 0 Å². The van der Waals surface area contributed by atoms with Gasteiger partial charge in [0, 0.05) is 31.1 Å². The number of furan rings is 1. The highest BCUT2D eigenvalue weighted by molar-refractivity contribution is 5.81. The minimum absolute atomic E-state index is 0.697. The van der Waals surface area contributed by atoms with Gasteiger partial charge >= 0.3 is 0 Å². The first kappa shape index (κ1) is 12.5. The Morgan fingerprint density at radius 3 is 3.05 bits per heavy atom. The van der Waals surface area contributed by atoms with Gasteiger partial charge in [-0.05, 0) is 49.7 Å². The van der Waals surface area contributed by atoms with Gasteiger partial charge in [0.1, 0.15) is 11.6 Å². The lowest BCUT2D eigenvalue weighted by Gasteiger charge is -2.20. The molecule has 112 valence electrons. The fraction of sp³-hybridized carbons (Fsp3) is 0.389. The van der Waals surface area contributed by atoms with Crippen molar-refractivity contribution < 1.29 is 4.42 Å². The van der Waals surface area contributed by atoms with Crippen LogP contribution in [0.5, 0.6) is 0 Å². The predicted octanol–water partition coefficient (Wildman–Crippen LogP) is 3.32. The number of benzene rings is 1. The molecule has 0 radical (unpaired) electrons. The summed E-state index contributed by atoms with van der Waals surface area (Å²) in [7, 11) is 0. The maximum atomic E-state index is 5.51. The Morgan fingerprint density at radius 2 is 2.14 bits per heavy atom. The molecule has 0 amide bonds. The van der Waals surface area contributed by atoms with Crippen molar-refractivity contribution in [2.75, 3.05) is 13.1 Å². The van der Waals surface area contributed by atoms with Gasteiger partial charge in [-0.15, -0.1) is 0 Å². The standard InChI is InChI=1S/C18H19N3O/c1-3-14-12-18-19-15-11-13(17-4-2-10-22-17)5-6-16(15)21(18)9-8-20(14)7-1/h2,4-6,10-11,14H,1,3,7-9,12H2/t14-/m0/s1. The van der Waals surface area contributed by atoms with Gasteiger partial charge in [0.25, 0.3) is 0 Å². The summed E-state index contributed by atoms with van der Waals surface area (Å²) in [5.41, 5.74) is 3.45. The van der Waals surface area contributed by atoms with Crippen molar-refractivity contribution in [1.29, 1.82) is 0 Å². The summed E-state index contributed by atoms with van der Waals surface area (Å²) in [6.45, 7) is 3.47. The zero-order valence-corrected chi connectivity index (χ0v) is 12.5. The van der Waals surface area contributed by atoms with Gasteiger partial charge in [-0.1, -0.05) is 0 Å². The summed E-state index contributed by atoms with van der Waals surface area (Å²) >= 11 is 0. The van der Waals surface area contributed by atoms with Crippen molar-refractivity contribution >= 4 is 11.0 Å². The summed E-state index contributed by atoms with van der Waals surface area (Å²) in [5.74, 6) is 2.16. The molecule has 0 bridgehead atoms. The topological polar surface area (TPSA) is 34.2 Å². The second-order valence-electron chi connectivity index (χ2n) is 6.40. The number of fused-ring (bicyclic) bond motifs is 4. The van der Waals surface area contributed by atoms with Crippen molar-refractivity contribution in [3.05, 3.63) is 42.4 Å². The van der Waals surface area contributed by atoms with Crippen LogP contribution >= 0.6 is 0 Å². The molecule has 3 aromatic rings. The third-order valence-corrected chi connectivity index (χ3v) is 5.16. The van der Waals surface area contributed by atoms with Crippen LogP contribution in [0.2, 0.25) is 0 Å². The number of hydrogen-bond donors (Lipinski definition) is 0. The lowest BCUT2D eigenvalue weighted by Crippen LogP contribution is -2.30. The van der Waals surface area contributed by atoms with E-state index in [0.717, 1.165) is 36.4 Å². The molecule has 0 unspecified atom stereocenters. The zero-order chi connectivity index (χ0) is 14.5. The molecule has 4 heteroatoms. The number of rotatable bonds is 1. The van der Waals surface area contributed by atoms with Crippen LogP contribution in [0.4, 0.5) is 0 Å². The molecule has 1 saturated heterocycles. The molecule has 0 saturated carbocycles. The van der Waals surface area contributed by atoms with E-state index in [2.05, 4.69) is 27.7 Å². The molecule has 4 nitrogen and oxygen atoms in total. The summed E-state index contributed by atoms with van der Waals surface area (Å²) in [4.78, 5) is 7.58. The summed E-state index contributed by atoms with van der Waals surface area (Å²) in [5, 5.41) is 0. The smallest absolute Gasteiger partial charge is 0.133 e. The third-order valence-electron chi connectivity index (χ3n) is 5.16. The number of aromatic nitrogens is 2. The highest BCUT2D eigenvalue weighted by atomic mass is 16.3. The van der Waals surface area contributed by atoms with Crippen LogP contribution in [0.15, 0.2) is 41.0 Å². The molecule has 2 aromatic heterocycles. The molecule has 1 fully saturated rings. The van der Waals surface area contributed by atoms with E-state index in [1.807, 2.05) is 12.1 Å². The van der Waals surface area contributed by atoms with E-state index < -0.39 is 0 Å². The van der Waals surface area contributed by atoms with Gasteiger partial charge in [0.05, 0.1) is 17.3 Å². The maximum absolute atomic E-state index is 5.51. The largest absolute Gasteiger partial charge is 0.464 e. The van der Waals surface area contributed by atoms with Gasteiger partial charge in [0.2, 0.25) is 0 Å². The van der Waals surface area contributed by atoms with Crippen LogP contribution in [0.1, 0.15) is 18.7 Å². The van der Waals surface area contributed by atoms with Crippen molar-refractivity contribution in [2.45, 2.75) is 31.8 Å². The molecule has 1 aromatic carbocycles. The van der Waals surface area contributed by atoms with Gasteiger partial charge in [-0.2, -0.15) is 0 Å². The molecule has 0 N–H and O–H groups in total. The van der Waals surface area contributed by atoms with E-state index in [9.17, 15) is 0 Å². The van der Waals surface area contributed by atoms with Crippen LogP contribution in [0.25, 0.3) is 22.4 Å². The quantitative estimate of drug-likeness (QED) is 0.690. The summed E-state index contributed by atoms with van der Waals surface area (Å²) in [6.07, 6.45) is 5.47. The van der Waals surface area contributed by atoms with Crippen LogP contribution < -0.4 is 0 Å². The van der Waals surface area contributed by atoms with Gasteiger partial charge in [-0.25, -0.2) is 4.98 Å². The minimum Gasteiger partial charge on any atom is -0.464 e. The average Bonchev–Trinajstić information content (AvgIpc) is 3.24. The van der Waals surface area contributed by atoms with Crippen molar-refractivity contribution in [3.8, 4) is 11.3 Å². The van der Waals surface area contributed by atoms with Gasteiger partial charge in [-0.3, -0.25) is 4.90 Å². The maximum Gasteiger partial charge on any atom is 0.133 e. The zero-order valence-electron chi connectivity index (χ0n) is 12.5. The highest BCUT2D eigenvalue weighted by Gasteiger charge is 2.29. The SMILES string of the molecule is c1coc(-c2ccc3c(c2)nc2n3CCN3CCC[C@H]3C2)c1. The first-order valence-electron chi connectivity index (χ1n) is 8.15. The Morgan fingerprint density at radius 1 is 1.14 bits per heavy atom. The normalized spacial score (nSPS) is 21.7. The molecule has 5 rings (SSSR count). The fourth-order valence-electron chi connectivity index (χ4n) is 4.04. The van der Waals surface area contributed by atoms with E-state index in [0.29, 0.717) is 6.04 Å². The van der Waals surface area contributed by atoms with Crippen molar-refractivity contribution in [1.82, 2.24) is 14.5 Å². The molecule has 0 spiro atoms. The monoisotopic (exact) mass is 293 g/mol. The van der Waals surface area contributed by atoms with Crippen LogP contribution in [0.3, 0.4) is 0 Å². The number of nitrogens with zero attached hydrogens (tertiary/aromatic N) is 3. The molecular weight excluding hydrogens is 274 g/mol. The second-order valence-corrected chi connectivity index (χ2v) is 6.40. The lowest BCUT2D eigenvalue weighted by atomic mass is 10.1. The Balaban J connectivity index is 1.60. The molecule has 22 heavy (non-hydrogen) atoms. The average molecular weight is 293 g/mol. The minimum atomic E-state index is 0.697. The van der Waals surface area contributed by atoms with Crippen molar-refractivity contribution in [3.63, 3.8) is 0 Å². The van der Waals surface area contributed by atoms with E-state index >= 15 is 0 Å². The third kappa shape index (κ3) is 1.83. The number of hydrogen-bond acceptors (Lipinski definition) is 3. The molecule has 2 aliphatic rings. The predicted molar refractivity (Wildman–Crippen MR) is 85.7 cm³/mol. The Bertz CT molecular complexity index is 818. The second kappa shape index (κ2) is 4.71. The Hall–Kier alpha value is -2.07. The lowest BCUT2D eigenvalue weighted by molar-refractivity contribution is 0.258. The Kier molecular flexibility index (Phi) is 2.67.